The van der Waals surface area contributed by atoms with Crippen LogP contribution < -0.4 is 19.5 Å². The second kappa shape index (κ2) is 8.48. The van der Waals surface area contributed by atoms with Crippen LogP contribution in [0.15, 0.2) is 24.8 Å². The Morgan fingerprint density at radius 3 is 2.20 bits per heavy atom. The van der Waals surface area contributed by atoms with E-state index >= 15 is 0 Å². The average Bonchev–Trinajstić information content (AvgIpc) is 2.50. The molecule has 0 fully saturated rings. The van der Waals surface area contributed by atoms with E-state index in [1.807, 2.05) is 18.2 Å². The molecular formula is C16H25NO3. The van der Waals surface area contributed by atoms with E-state index < -0.39 is 0 Å². The van der Waals surface area contributed by atoms with Gasteiger partial charge in [-0.3, -0.25) is 0 Å². The van der Waals surface area contributed by atoms with E-state index in [1.165, 1.54) is 0 Å². The first kappa shape index (κ1) is 16.4. The van der Waals surface area contributed by atoms with E-state index in [9.17, 15) is 0 Å². The molecule has 1 atom stereocenters. The summed E-state index contributed by atoms with van der Waals surface area (Å²) in [7, 11) is 4.93. The van der Waals surface area contributed by atoms with Gasteiger partial charge < -0.3 is 19.5 Å². The summed E-state index contributed by atoms with van der Waals surface area (Å²) < 4.78 is 16.2. The quantitative estimate of drug-likeness (QED) is 0.704. The lowest BCUT2D eigenvalue weighted by atomic mass is 10.00. The molecule has 1 unspecified atom stereocenters. The van der Waals surface area contributed by atoms with E-state index in [4.69, 9.17) is 14.2 Å². The predicted molar refractivity (Wildman–Crippen MR) is 81.9 cm³/mol. The Balaban J connectivity index is 3.19. The second-order valence-corrected chi connectivity index (χ2v) is 4.43. The summed E-state index contributed by atoms with van der Waals surface area (Å²) >= 11 is 0. The molecule has 0 amide bonds. The number of hydrogen-bond donors (Lipinski definition) is 1. The van der Waals surface area contributed by atoms with Gasteiger partial charge in [0.05, 0.1) is 21.3 Å². The van der Waals surface area contributed by atoms with Crippen LogP contribution >= 0.6 is 0 Å². The zero-order valence-corrected chi connectivity index (χ0v) is 12.9. The number of benzene rings is 1. The van der Waals surface area contributed by atoms with Gasteiger partial charge >= 0.3 is 0 Å². The van der Waals surface area contributed by atoms with Crippen molar-refractivity contribution in [3.63, 3.8) is 0 Å². The zero-order chi connectivity index (χ0) is 15.0. The lowest BCUT2D eigenvalue weighted by Gasteiger charge is -2.22. The molecule has 112 valence electrons. The summed E-state index contributed by atoms with van der Waals surface area (Å²) in [6.45, 7) is 6.77. The monoisotopic (exact) mass is 279 g/mol. The molecule has 4 heteroatoms. The van der Waals surface area contributed by atoms with Crippen LogP contribution in [0.4, 0.5) is 0 Å². The molecule has 0 heterocycles. The molecule has 0 aliphatic carbocycles. The van der Waals surface area contributed by atoms with Gasteiger partial charge in [-0.15, -0.1) is 6.58 Å². The van der Waals surface area contributed by atoms with Gasteiger partial charge in [-0.2, -0.15) is 0 Å². The third kappa shape index (κ3) is 3.90. The molecule has 0 aliphatic rings. The molecule has 1 rings (SSSR count). The van der Waals surface area contributed by atoms with Gasteiger partial charge in [0.2, 0.25) is 0 Å². The standard InChI is InChI=1S/C16H25NO3/c1-6-8-9-13(17-7-2)12-10-15(19-4)16(20-5)11-14(12)18-3/h6,10-11,13,17H,1,7-9H2,2-5H3. The molecular weight excluding hydrogens is 254 g/mol. The van der Waals surface area contributed by atoms with Crippen molar-refractivity contribution in [2.24, 2.45) is 0 Å². The third-order valence-corrected chi connectivity index (χ3v) is 3.22. The first-order valence-electron chi connectivity index (χ1n) is 6.85. The molecule has 0 saturated heterocycles. The molecule has 0 radical (unpaired) electrons. The average molecular weight is 279 g/mol. The van der Waals surface area contributed by atoms with Crippen LogP contribution in [0, 0.1) is 0 Å². The van der Waals surface area contributed by atoms with Crippen molar-refractivity contribution >= 4 is 0 Å². The minimum Gasteiger partial charge on any atom is -0.496 e. The van der Waals surface area contributed by atoms with Crippen molar-refractivity contribution in [1.82, 2.24) is 5.32 Å². The molecule has 0 spiro atoms. The maximum absolute atomic E-state index is 5.49. The normalized spacial score (nSPS) is 11.8. The fraction of sp³-hybridized carbons (Fsp3) is 0.500. The highest BCUT2D eigenvalue weighted by Gasteiger charge is 2.18. The van der Waals surface area contributed by atoms with E-state index in [2.05, 4.69) is 18.8 Å². The highest BCUT2D eigenvalue weighted by atomic mass is 16.5. The van der Waals surface area contributed by atoms with Crippen molar-refractivity contribution in [2.75, 3.05) is 27.9 Å². The van der Waals surface area contributed by atoms with Crippen LogP contribution in [-0.4, -0.2) is 27.9 Å². The largest absolute Gasteiger partial charge is 0.496 e. The summed E-state index contributed by atoms with van der Waals surface area (Å²) in [6.07, 6.45) is 3.83. The molecule has 0 bridgehead atoms. The van der Waals surface area contributed by atoms with Gasteiger partial charge in [0, 0.05) is 17.7 Å². The Hall–Kier alpha value is -1.68. The minimum absolute atomic E-state index is 0.202. The van der Waals surface area contributed by atoms with Gasteiger partial charge in [0.15, 0.2) is 11.5 Å². The summed E-state index contributed by atoms with van der Waals surface area (Å²) in [4.78, 5) is 0. The summed E-state index contributed by atoms with van der Waals surface area (Å²) in [5, 5.41) is 3.47. The Bertz CT molecular complexity index is 432. The van der Waals surface area contributed by atoms with Crippen molar-refractivity contribution in [2.45, 2.75) is 25.8 Å². The topological polar surface area (TPSA) is 39.7 Å². The molecule has 4 nitrogen and oxygen atoms in total. The number of ether oxygens (including phenoxy) is 3. The number of rotatable bonds is 9. The van der Waals surface area contributed by atoms with E-state index in [0.29, 0.717) is 11.5 Å². The van der Waals surface area contributed by atoms with Gasteiger partial charge in [0.1, 0.15) is 5.75 Å². The second-order valence-electron chi connectivity index (χ2n) is 4.43. The SMILES string of the molecule is C=CCCC(NCC)c1cc(OC)c(OC)cc1OC. The van der Waals surface area contributed by atoms with Crippen molar-refractivity contribution in [3.05, 3.63) is 30.4 Å². The fourth-order valence-electron chi connectivity index (χ4n) is 2.22. The maximum atomic E-state index is 5.49. The first-order valence-corrected chi connectivity index (χ1v) is 6.85. The third-order valence-electron chi connectivity index (χ3n) is 3.22. The van der Waals surface area contributed by atoms with Crippen LogP contribution in [0.5, 0.6) is 17.2 Å². The van der Waals surface area contributed by atoms with Gasteiger partial charge in [-0.1, -0.05) is 13.0 Å². The van der Waals surface area contributed by atoms with Crippen molar-refractivity contribution in [3.8, 4) is 17.2 Å². The van der Waals surface area contributed by atoms with Crippen LogP contribution in [0.25, 0.3) is 0 Å². The zero-order valence-electron chi connectivity index (χ0n) is 12.9. The first-order chi connectivity index (χ1) is 9.71. The summed E-state index contributed by atoms with van der Waals surface area (Å²) in [5.41, 5.74) is 1.08. The van der Waals surface area contributed by atoms with Crippen LogP contribution in [0.1, 0.15) is 31.4 Å². The van der Waals surface area contributed by atoms with E-state index in [-0.39, 0.29) is 6.04 Å². The van der Waals surface area contributed by atoms with Crippen LogP contribution in [-0.2, 0) is 0 Å². The van der Waals surface area contributed by atoms with Crippen LogP contribution in [0.2, 0.25) is 0 Å². The van der Waals surface area contributed by atoms with Gasteiger partial charge in [-0.05, 0) is 25.5 Å². The number of nitrogens with one attached hydrogen (secondary N) is 1. The molecule has 20 heavy (non-hydrogen) atoms. The van der Waals surface area contributed by atoms with Crippen LogP contribution in [0.3, 0.4) is 0 Å². The molecule has 1 aromatic rings. The number of hydrogen-bond acceptors (Lipinski definition) is 4. The Morgan fingerprint density at radius 2 is 1.70 bits per heavy atom. The molecule has 1 N–H and O–H groups in total. The Kier molecular flexibility index (Phi) is 6.94. The van der Waals surface area contributed by atoms with Crippen molar-refractivity contribution in [1.29, 1.82) is 0 Å². The Labute approximate surface area is 121 Å². The lowest BCUT2D eigenvalue weighted by Crippen LogP contribution is -2.21. The van der Waals surface area contributed by atoms with Gasteiger partial charge in [-0.25, -0.2) is 0 Å². The fourth-order valence-corrected chi connectivity index (χ4v) is 2.22. The van der Waals surface area contributed by atoms with E-state index in [0.717, 1.165) is 30.7 Å². The number of allylic oxidation sites excluding steroid dienone is 1. The number of methoxy groups -OCH3 is 3. The molecule has 1 aromatic carbocycles. The van der Waals surface area contributed by atoms with Gasteiger partial charge in [0.25, 0.3) is 0 Å². The highest BCUT2D eigenvalue weighted by molar-refractivity contribution is 5.51. The van der Waals surface area contributed by atoms with E-state index in [1.54, 1.807) is 21.3 Å². The Morgan fingerprint density at radius 1 is 1.10 bits per heavy atom. The smallest absolute Gasteiger partial charge is 0.164 e. The molecule has 0 aromatic heterocycles. The maximum Gasteiger partial charge on any atom is 0.164 e. The van der Waals surface area contributed by atoms with Crippen molar-refractivity contribution < 1.29 is 14.2 Å². The lowest BCUT2D eigenvalue weighted by molar-refractivity contribution is 0.344. The highest BCUT2D eigenvalue weighted by Crippen LogP contribution is 2.38. The predicted octanol–water partition coefficient (Wildman–Crippen LogP) is 3.33. The molecule has 0 saturated carbocycles. The summed E-state index contributed by atoms with van der Waals surface area (Å²) in [5.74, 6) is 2.19. The minimum atomic E-state index is 0.202. The summed E-state index contributed by atoms with van der Waals surface area (Å²) in [6, 6.07) is 4.05. The molecule has 0 aliphatic heterocycles.